The number of fused-ring (bicyclic) bond motifs is 1. The minimum atomic E-state index is -0.436. The fourth-order valence-corrected chi connectivity index (χ4v) is 4.38. The molecule has 1 saturated heterocycles. The first kappa shape index (κ1) is 16.2. The number of benzene rings is 2. The van der Waals surface area contributed by atoms with Crippen molar-refractivity contribution in [3.8, 4) is 0 Å². The predicted octanol–water partition coefficient (Wildman–Crippen LogP) is 4.53. The standard InChI is InChI=1S/C19H14ClNO3S/c1-11-2-5-13(6-3-11)21-17(22)10-25-19(21)15-9-18(23)24-16-7-4-12(20)8-14(15)16/h2-9,19H,10H2,1H3. The lowest BCUT2D eigenvalue weighted by molar-refractivity contribution is -0.115. The van der Waals surface area contributed by atoms with Gasteiger partial charge in [0.15, 0.2) is 0 Å². The van der Waals surface area contributed by atoms with E-state index in [4.69, 9.17) is 16.0 Å². The average Bonchev–Trinajstić information content (AvgIpc) is 2.97. The lowest BCUT2D eigenvalue weighted by atomic mass is 10.1. The Hall–Kier alpha value is -2.24. The van der Waals surface area contributed by atoms with Crippen molar-refractivity contribution in [2.45, 2.75) is 12.3 Å². The Labute approximate surface area is 153 Å². The van der Waals surface area contributed by atoms with E-state index in [0.29, 0.717) is 16.4 Å². The molecule has 0 N–H and O–H groups in total. The summed E-state index contributed by atoms with van der Waals surface area (Å²) in [6.45, 7) is 2.00. The van der Waals surface area contributed by atoms with E-state index in [9.17, 15) is 9.59 Å². The maximum absolute atomic E-state index is 12.5. The van der Waals surface area contributed by atoms with Crippen molar-refractivity contribution in [2.24, 2.45) is 0 Å². The van der Waals surface area contributed by atoms with Crippen LogP contribution in [0.4, 0.5) is 5.69 Å². The van der Waals surface area contributed by atoms with Gasteiger partial charge in [-0.15, -0.1) is 11.8 Å². The third kappa shape index (κ3) is 2.94. The molecule has 126 valence electrons. The normalized spacial score (nSPS) is 17.4. The van der Waals surface area contributed by atoms with E-state index in [1.54, 1.807) is 23.1 Å². The van der Waals surface area contributed by atoms with E-state index >= 15 is 0 Å². The van der Waals surface area contributed by atoms with Crippen molar-refractivity contribution < 1.29 is 9.21 Å². The number of thioether (sulfide) groups is 1. The summed E-state index contributed by atoms with van der Waals surface area (Å²) in [7, 11) is 0. The number of carbonyl (C=O) groups is 1. The van der Waals surface area contributed by atoms with Gasteiger partial charge in [0.2, 0.25) is 5.91 Å². The van der Waals surface area contributed by atoms with E-state index in [2.05, 4.69) is 0 Å². The van der Waals surface area contributed by atoms with E-state index in [0.717, 1.165) is 22.2 Å². The molecule has 4 nitrogen and oxygen atoms in total. The smallest absolute Gasteiger partial charge is 0.336 e. The van der Waals surface area contributed by atoms with Gasteiger partial charge >= 0.3 is 5.63 Å². The summed E-state index contributed by atoms with van der Waals surface area (Å²) < 4.78 is 5.27. The van der Waals surface area contributed by atoms with E-state index in [-0.39, 0.29) is 11.3 Å². The molecule has 0 saturated carbocycles. The van der Waals surface area contributed by atoms with Crippen molar-refractivity contribution in [3.05, 3.63) is 75.1 Å². The molecule has 0 radical (unpaired) electrons. The van der Waals surface area contributed by atoms with Gasteiger partial charge in [0.05, 0.1) is 5.75 Å². The zero-order valence-corrected chi connectivity index (χ0v) is 14.9. The lowest BCUT2D eigenvalue weighted by Crippen LogP contribution is -2.28. The molecule has 4 rings (SSSR count). The fourth-order valence-electron chi connectivity index (χ4n) is 3.00. The first-order valence-electron chi connectivity index (χ1n) is 7.76. The van der Waals surface area contributed by atoms with Crippen molar-refractivity contribution in [3.63, 3.8) is 0 Å². The van der Waals surface area contributed by atoms with Gasteiger partial charge in [-0.1, -0.05) is 29.3 Å². The summed E-state index contributed by atoms with van der Waals surface area (Å²) in [6, 6.07) is 14.4. The van der Waals surface area contributed by atoms with Gasteiger partial charge in [0.1, 0.15) is 11.0 Å². The molecule has 6 heteroatoms. The van der Waals surface area contributed by atoms with Crippen LogP contribution in [0.2, 0.25) is 5.02 Å². The highest BCUT2D eigenvalue weighted by molar-refractivity contribution is 8.00. The highest BCUT2D eigenvalue weighted by atomic mass is 35.5. The van der Waals surface area contributed by atoms with Gasteiger partial charge in [0.25, 0.3) is 0 Å². The Morgan fingerprint density at radius 1 is 1.12 bits per heavy atom. The fraction of sp³-hybridized carbons (Fsp3) is 0.158. The SMILES string of the molecule is Cc1ccc(N2C(=O)CSC2c2cc(=O)oc3ccc(Cl)cc23)cc1. The van der Waals surface area contributed by atoms with Gasteiger partial charge in [0, 0.05) is 27.7 Å². The maximum atomic E-state index is 12.5. The Bertz CT molecular complexity index is 1030. The zero-order valence-electron chi connectivity index (χ0n) is 13.4. The van der Waals surface area contributed by atoms with Gasteiger partial charge in [-0.2, -0.15) is 0 Å². The third-order valence-corrected chi connectivity index (χ3v) is 5.61. The van der Waals surface area contributed by atoms with Crippen LogP contribution >= 0.6 is 23.4 Å². The summed E-state index contributed by atoms with van der Waals surface area (Å²) in [6.07, 6.45) is 0. The number of hydrogen-bond donors (Lipinski definition) is 0. The van der Waals surface area contributed by atoms with Crippen molar-refractivity contribution in [1.82, 2.24) is 0 Å². The number of nitrogens with zero attached hydrogens (tertiary/aromatic N) is 1. The topological polar surface area (TPSA) is 50.5 Å². The molecule has 1 aromatic heterocycles. The first-order valence-corrected chi connectivity index (χ1v) is 9.19. The Morgan fingerprint density at radius 2 is 1.88 bits per heavy atom. The summed E-state index contributed by atoms with van der Waals surface area (Å²) >= 11 is 7.62. The lowest BCUT2D eigenvalue weighted by Gasteiger charge is -2.25. The number of aryl methyl sites for hydroxylation is 1. The van der Waals surface area contributed by atoms with Crippen LogP contribution in [0.25, 0.3) is 11.0 Å². The van der Waals surface area contributed by atoms with Crippen molar-refractivity contribution in [2.75, 3.05) is 10.7 Å². The van der Waals surface area contributed by atoms with Crippen LogP contribution in [0.15, 0.2) is 57.7 Å². The van der Waals surface area contributed by atoms with Crippen LogP contribution in [0.3, 0.4) is 0 Å². The molecular weight excluding hydrogens is 358 g/mol. The van der Waals surface area contributed by atoms with Gasteiger partial charge < -0.3 is 4.42 Å². The highest BCUT2D eigenvalue weighted by Gasteiger charge is 2.35. The highest BCUT2D eigenvalue weighted by Crippen LogP contribution is 2.43. The average molecular weight is 372 g/mol. The quantitative estimate of drug-likeness (QED) is 0.621. The summed E-state index contributed by atoms with van der Waals surface area (Å²) in [5.74, 6) is 0.378. The minimum absolute atomic E-state index is 0.0160. The van der Waals surface area contributed by atoms with Crippen LogP contribution in [0, 0.1) is 6.92 Å². The second-order valence-electron chi connectivity index (χ2n) is 5.92. The molecule has 1 aliphatic rings. The first-order chi connectivity index (χ1) is 12.0. The number of amides is 1. The molecule has 1 atom stereocenters. The Balaban J connectivity index is 1.89. The number of halogens is 1. The summed E-state index contributed by atoms with van der Waals surface area (Å²) in [5.41, 5.74) is 2.71. The molecular formula is C19H14ClNO3S. The number of anilines is 1. The molecule has 0 spiro atoms. The third-order valence-electron chi connectivity index (χ3n) is 4.18. The van der Waals surface area contributed by atoms with E-state index in [1.807, 2.05) is 31.2 Å². The van der Waals surface area contributed by atoms with Gasteiger partial charge in [-0.05, 0) is 37.3 Å². The minimum Gasteiger partial charge on any atom is -0.423 e. The Kier molecular flexibility index (Phi) is 4.06. The predicted molar refractivity (Wildman–Crippen MR) is 101 cm³/mol. The molecule has 25 heavy (non-hydrogen) atoms. The van der Waals surface area contributed by atoms with E-state index in [1.165, 1.54) is 17.8 Å². The molecule has 1 fully saturated rings. The van der Waals surface area contributed by atoms with Crippen molar-refractivity contribution in [1.29, 1.82) is 0 Å². The molecule has 0 aliphatic carbocycles. The van der Waals surface area contributed by atoms with Crippen LogP contribution in [-0.4, -0.2) is 11.7 Å². The second kappa shape index (κ2) is 6.24. The van der Waals surface area contributed by atoms with Crippen LogP contribution in [-0.2, 0) is 4.79 Å². The van der Waals surface area contributed by atoms with E-state index < -0.39 is 5.63 Å². The summed E-state index contributed by atoms with van der Waals surface area (Å²) in [4.78, 5) is 26.2. The zero-order chi connectivity index (χ0) is 17.6. The molecule has 1 amide bonds. The molecule has 0 bridgehead atoms. The molecule has 3 aromatic rings. The largest absolute Gasteiger partial charge is 0.423 e. The molecule has 1 aliphatic heterocycles. The van der Waals surface area contributed by atoms with Crippen LogP contribution < -0.4 is 10.5 Å². The number of hydrogen-bond acceptors (Lipinski definition) is 4. The van der Waals surface area contributed by atoms with Gasteiger partial charge in [-0.25, -0.2) is 4.79 Å². The van der Waals surface area contributed by atoms with Gasteiger partial charge in [-0.3, -0.25) is 9.69 Å². The molecule has 1 unspecified atom stereocenters. The monoisotopic (exact) mass is 371 g/mol. The number of rotatable bonds is 2. The Morgan fingerprint density at radius 3 is 2.64 bits per heavy atom. The second-order valence-corrected chi connectivity index (χ2v) is 7.43. The van der Waals surface area contributed by atoms with Crippen LogP contribution in [0.5, 0.6) is 0 Å². The molecule has 2 aromatic carbocycles. The van der Waals surface area contributed by atoms with Crippen molar-refractivity contribution >= 4 is 45.9 Å². The summed E-state index contributed by atoms with van der Waals surface area (Å²) in [5, 5.41) is 1.01. The van der Waals surface area contributed by atoms with Crippen LogP contribution in [0.1, 0.15) is 16.5 Å². The maximum Gasteiger partial charge on any atom is 0.336 e. The number of carbonyl (C=O) groups excluding carboxylic acids is 1. The molecule has 2 heterocycles.